The van der Waals surface area contributed by atoms with Gasteiger partial charge in [0.2, 0.25) is 0 Å². The molecule has 0 atom stereocenters. The highest BCUT2D eigenvalue weighted by molar-refractivity contribution is 7.80. The average molecular weight is 255 g/mol. The summed E-state index contributed by atoms with van der Waals surface area (Å²) in [5.74, 6) is -0.207. The largest absolute Gasteiger partial charge is 0.465 e. The second kappa shape index (κ2) is 6.00. The number of aryl methyl sites for hydroxylation is 1. The molecule has 1 rings (SSSR count). The van der Waals surface area contributed by atoms with Gasteiger partial charge in [-0.15, -0.1) is 0 Å². The van der Waals surface area contributed by atoms with E-state index in [0.29, 0.717) is 5.76 Å². The number of hydrogen-bond acceptors (Lipinski definition) is 4. The second-order valence-corrected chi connectivity index (χ2v) is 3.87. The van der Waals surface area contributed by atoms with Crippen LogP contribution in [-0.4, -0.2) is 23.3 Å². The Morgan fingerprint density at radius 2 is 2.00 bits per heavy atom. The van der Waals surface area contributed by atoms with E-state index in [0.717, 1.165) is 5.76 Å². The monoisotopic (exact) mass is 255 g/mol. The molecule has 4 N–H and O–H groups in total. The molecule has 17 heavy (non-hydrogen) atoms. The lowest BCUT2D eigenvalue weighted by Crippen LogP contribution is -2.42. The molecule has 0 bridgehead atoms. The van der Waals surface area contributed by atoms with E-state index in [1.54, 1.807) is 19.1 Å². The van der Waals surface area contributed by atoms with Gasteiger partial charge in [0, 0.05) is 0 Å². The van der Waals surface area contributed by atoms with Gasteiger partial charge in [-0.05, 0) is 19.1 Å². The van der Waals surface area contributed by atoms with Gasteiger partial charge in [-0.3, -0.25) is 9.59 Å². The molecule has 0 aliphatic heterocycles. The van der Waals surface area contributed by atoms with Crippen LogP contribution in [0.3, 0.4) is 0 Å². The number of carbonyl (C=O) groups excluding carboxylic acids is 2. The van der Waals surface area contributed by atoms with Crippen molar-refractivity contribution in [3.05, 3.63) is 23.7 Å². The lowest BCUT2D eigenvalue weighted by atomic mass is 10.4. The standard InChI is InChI=1S/C10H13N3O3S/c1-6-2-3-7(16-6)4-12-9(14)10(15)13-5-8(11)17/h2-3H,4-5H2,1H3,(H2,11,17)(H,12,14)(H,13,15). The third kappa shape index (κ3) is 4.64. The summed E-state index contributed by atoms with van der Waals surface area (Å²) in [4.78, 5) is 22.6. The summed E-state index contributed by atoms with van der Waals surface area (Å²) in [6.07, 6.45) is 0. The number of hydrogen-bond donors (Lipinski definition) is 3. The molecule has 0 unspecified atom stereocenters. The molecule has 92 valence electrons. The summed E-state index contributed by atoms with van der Waals surface area (Å²) < 4.78 is 5.22. The number of amides is 2. The van der Waals surface area contributed by atoms with Crippen LogP contribution in [0.25, 0.3) is 0 Å². The van der Waals surface area contributed by atoms with Crippen LogP contribution < -0.4 is 16.4 Å². The zero-order valence-corrected chi connectivity index (χ0v) is 10.1. The minimum atomic E-state index is -0.777. The summed E-state index contributed by atoms with van der Waals surface area (Å²) in [5, 5.41) is 4.68. The minimum absolute atomic E-state index is 0.00144. The maximum absolute atomic E-state index is 11.3. The van der Waals surface area contributed by atoms with Gasteiger partial charge in [0.05, 0.1) is 18.1 Å². The Balaban J connectivity index is 2.34. The Bertz CT molecular complexity index is 442. The first-order chi connectivity index (χ1) is 7.99. The molecule has 0 saturated carbocycles. The van der Waals surface area contributed by atoms with E-state index in [1.807, 2.05) is 0 Å². The zero-order chi connectivity index (χ0) is 12.8. The Labute approximate surface area is 104 Å². The summed E-state index contributed by atoms with van der Waals surface area (Å²) in [5.41, 5.74) is 5.18. The van der Waals surface area contributed by atoms with Crippen LogP contribution in [0, 0.1) is 6.92 Å². The van der Waals surface area contributed by atoms with E-state index in [-0.39, 0.29) is 18.1 Å². The predicted octanol–water partition coefficient (Wildman–Crippen LogP) is -0.393. The van der Waals surface area contributed by atoms with Crippen LogP contribution in [0.15, 0.2) is 16.5 Å². The molecular weight excluding hydrogens is 242 g/mol. The third-order valence-corrected chi connectivity index (χ3v) is 1.99. The molecule has 1 aromatic heterocycles. The fourth-order valence-corrected chi connectivity index (χ4v) is 1.15. The third-order valence-electron chi connectivity index (χ3n) is 1.85. The highest BCUT2D eigenvalue weighted by Gasteiger charge is 2.13. The van der Waals surface area contributed by atoms with Crippen molar-refractivity contribution in [2.45, 2.75) is 13.5 Å². The van der Waals surface area contributed by atoms with E-state index in [2.05, 4.69) is 22.9 Å². The van der Waals surface area contributed by atoms with Crippen LogP contribution in [-0.2, 0) is 16.1 Å². The van der Waals surface area contributed by atoms with Crippen molar-refractivity contribution in [1.82, 2.24) is 10.6 Å². The maximum atomic E-state index is 11.3. The van der Waals surface area contributed by atoms with E-state index in [1.165, 1.54) is 0 Å². The van der Waals surface area contributed by atoms with Gasteiger partial charge in [0.15, 0.2) is 0 Å². The van der Waals surface area contributed by atoms with Gasteiger partial charge in [-0.25, -0.2) is 0 Å². The maximum Gasteiger partial charge on any atom is 0.309 e. The normalized spacial score (nSPS) is 9.71. The van der Waals surface area contributed by atoms with Crippen LogP contribution in [0.1, 0.15) is 11.5 Å². The van der Waals surface area contributed by atoms with Gasteiger partial charge >= 0.3 is 11.8 Å². The number of carbonyl (C=O) groups is 2. The lowest BCUT2D eigenvalue weighted by Gasteiger charge is -2.04. The molecule has 2 amide bonds. The molecular formula is C10H13N3O3S. The summed E-state index contributed by atoms with van der Waals surface area (Å²) >= 11 is 4.56. The van der Waals surface area contributed by atoms with E-state index < -0.39 is 11.8 Å². The van der Waals surface area contributed by atoms with Gasteiger partial charge in [0.1, 0.15) is 11.5 Å². The second-order valence-electron chi connectivity index (χ2n) is 3.34. The first kappa shape index (κ1) is 13.2. The number of thiocarbonyl (C=S) groups is 1. The Morgan fingerprint density at radius 3 is 2.53 bits per heavy atom. The van der Waals surface area contributed by atoms with Crippen molar-refractivity contribution in [2.75, 3.05) is 6.54 Å². The highest BCUT2D eigenvalue weighted by Crippen LogP contribution is 2.04. The fourth-order valence-electron chi connectivity index (χ4n) is 1.08. The Morgan fingerprint density at radius 1 is 1.35 bits per heavy atom. The lowest BCUT2D eigenvalue weighted by molar-refractivity contribution is -0.139. The van der Waals surface area contributed by atoms with Crippen LogP contribution in [0.2, 0.25) is 0 Å². The van der Waals surface area contributed by atoms with Gasteiger partial charge in [-0.1, -0.05) is 12.2 Å². The van der Waals surface area contributed by atoms with Crippen molar-refractivity contribution in [3.8, 4) is 0 Å². The molecule has 0 spiro atoms. The smallest absolute Gasteiger partial charge is 0.309 e. The van der Waals surface area contributed by atoms with Gasteiger partial charge in [-0.2, -0.15) is 0 Å². The predicted molar refractivity (Wildman–Crippen MR) is 65.1 cm³/mol. The van der Waals surface area contributed by atoms with Crippen molar-refractivity contribution in [2.24, 2.45) is 5.73 Å². The molecule has 0 fully saturated rings. The van der Waals surface area contributed by atoms with Crippen LogP contribution in [0.5, 0.6) is 0 Å². The molecule has 7 heteroatoms. The van der Waals surface area contributed by atoms with Crippen molar-refractivity contribution in [3.63, 3.8) is 0 Å². The summed E-state index contributed by atoms with van der Waals surface area (Å²) in [7, 11) is 0. The molecule has 0 aliphatic carbocycles. The van der Waals surface area contributed by atoms with E-state index in [4.69, 9.17) is 10.2 Å². The van der Waals surface area contributed by atoms with Crippen molar-refractivity contribution in [1.29, 1.82) is 0 Å². The molecule has 0 radical (unpaired) electrons. The number of rotatable bonds is 4. The number of furan rings is 1. The van der Waals surface area contributed by atoms with Crippen LogP contribution >= 0.6 is 12.2 Å². The van der Waals surface area contributed by atoms with Crippen molar-refractivity contribution < 1.29 is 14.0 Å². The first-order valence-corrected chi connectivity index (χ1v) is 5.29. The fraction of sp³-hybridized carbons (Fsp3) is 0.300. The summed E-state index contributed by atoms with van der Waals surface area (Å²) in [6.45, 7) is 1.95. The average Bonchev–Trinajstić information content (AvgIpc) is 2.68. The van der Waals surface area contributed by atoms with Crippen LogP contribution in [0.4, 0.5) is 0 Å². The number of nitrogens with two attached hydrogens (primary N) is 1. The Hall–Kier alpha value is -1.89. The highest BCUT2D eigenvalue weighted by atomic mass is 32.1. The molecule has 6 nitrogen and oxygen atoms in total. The van der Waals surface area contributed by atoms with Crippen molar-refractivity contribution >= 4 is 29.0 Å². The zero-order valence-electron chi connectivity index (χ0n) is 9.28. The first-order valence-electron chi connectivity index (χ1n) is 4.88. The summed E-state index contributed by atoms with van der Waals surface area (Å²) in [6, 6.07) is 3.50. The molecule has 1 aromatic rings. The van der Waals surface area contributed by atoms with E-state index in [9.17, 15) is 9.59 Å². The molecule has 1 heterocycles. The quantitative estimate of drug-likeness (QED) is 0.502. The SMILES string of the molecule is Cc1ccc(CNC(=O)C(=O)NCC(N)=S)o1. The molecule has 0 aliphatic rings. The number of nitrogens with one attached hydrogen (secondary N) is 2. The molecule has 0 saturated heterocycles. The molecule has 0 aromatic carbocycles. The minimum Gasteiger partial charge on any atom is -0.465 e. The van der Waals surface area contributed by atoms with Gasteiger partial charge < -0.3 is 20.8 Å². The van der Waals surface area contributed by atoms with Gasteiger partial charge in [0.25, 0.3) is 0 Å². The van der Waals surface area contributed by atoms with E-state index >= 15 is 0 Å². The topological polar surface area (TPSA) is 97.4 Å². The Kier molecular flexibility index (Phi) is 4.65.